The van der Waals surface area contributed by atoms with Crippen LogP contribution in [0.2, 0.25) is 0 Å². The molecule has 1 N–H and O–H groups in total. The molecule has 2 atom stereocenters. The summed E-state index contributed by atoms with van der Waals surface area (Å²) < 4.78 is 14.9. The Morgan fingerprint density at radius 3 is 2.80 bits per heavy atom. The van der Waals surface area contributed by atoms with Crippen molar-refractivity contribution in [2.24, 2.45) is 0 Å². The van der Waals surface area contributed by atoms with Crippen molar-refractivity contribution in [2.45, 2.75) is 45.4 Å². The predicted molar refractivity (Wildman–Crippen MR) is 57.6 cm³/mol. The fourth-order valence-electron chi connectivity index (χ4n) is 1.95. The van der Waals surface area contributed by atoms with Crippen molar-refractivity contribution in [1.82, 2.24) is 15.1 Å². The topological polar surface area (TPSA) is 29.9 Å². The van der Waals surface area contributed by atoms with Gasteiger partial charge in [0.05, 0.1) is 12.2 Å². The van der Waals surface area contributed by atoms with Gasteiger partial charge in [0.25, 0.3) is 0 Å². The molecule has 1 aromatic rings. The molecule has 1 aromatic heterocycles. The molecule has 15 heavy (non-hydrogen) atoms. The highest BCUT2D eigenvalue weighted by atomic mass is 19.1. The Bertz CT molecular complexity index is 335. The monoisotopic (exact) mass is 211 g/mol. The van der Waals surface area contributed by atoms with Crippen LogP contribution in [0.1, 0.15) is 24.2 Å². The lowest BCUT2D eigenvalue weighted by molar-refractivity contribution is 0.141. The molecule has 0 spiro atoms. The summed E-state index contributed by atoms with van der Waals surface area (Å²) in [4.78, 5) is 0. The van der Waals surface area contributed by atoms with E-state index in [0.29, 0.717) is 0 Å². The van der Waals surface area contributed by atoms with E-state index in [9.17, 15) is 4.39 Å². The van der Waals surface area contributed by atoms with E-state index in [2.05, 4.69) is 16.5 Å². The summed E-state index contributed by atoms with van der Waals surface area (Å²) >= 11 is 0. The van der Waals surface area contributed by atoms with Gasteiger partial charge in [-0.3, -0.25) is 4.68 Å². The first-order valence-electron chi connectivity index (χ1n) is 5.55. The van der Waals surface area contributed by atoms with Gasteiger partial charge in [-0.05, 0) is 32.8 Å². The molecule has 0 aliphatic heterocycles. The standard InChI is InChI=1S/C11H18FN3/c1-8-7-9(2)15(14-8)6-5-13-11-4-3-10(11)12/h7,10-11,13H,3-6H2,1-2H3. The first-order chi connectivity index (χ1) is 7.16. The molecular formula is C11H18FN3. The highest BCUT2D eigenvalue weighted by Crippen LogP contribution is 2.22. The number of rotatable bonds is 4. The third-order valence-electron chi connectivity index (χ3n) is 3.02. The van der Waals surface area contributed by atoms with Crippen molar-refractivity contribution < 1.29 is 4.39 Å². The van der Waals surface area contributed by atoms with Crippen molar-refractivity contribution in [3.63, 3.8) is 0 Å². The minimum Gasteiger partial charge on any atom is -0.309 e. The molecule has 0 aromatic carbocycles. The molecule has 1 fully saturated rings. The number of nitrogens with zero attached hydrogens (tertiary/aromatic N) is 2. The van der Waals surface area contributed by atoms with Gasteiger partial charge in [0, 0.05) is 18.3 Å². The predicted octanol–water partition coefficient (Wildman–Crippen LogP) is 1.59. The number of alkyl halides is 1. The lowest BCUT2D eigenvalue weighted by Gasteiger charge is -2.31. The number of hydrogen-bond acceptors (Lipinski definition) is 2. The first kappa shape index (κ1) is 10.6. The van der Waals surface area contributed by atoms with E-state index in [0.717, 1.165) is 31.6 Å². The molecule has 1 saturated carbocycles. The molecule has 2 unspecified atom stereocenters. The van der Waals surface area contributed by atoms with Crippen LogP contribution in [-0.4, -0.2) is 28.5 Å². The summed E-state index contributed by atoms with van der Waals surface area (Å²) in [5, 5.41) is 7.57. The van der Waals surface area contributed by atoms with Gasteiger partial charge in [-0.1, -0.05) is 0 Å². The average molecular weight is 211 g/mol. The molecule has 0 bridgehead atoms. The number of hydrogen-bond donors (Lipinski definition) is 1. The van der Waals surface area contributed by atoms with E-state index >= 15 is 0 Å². The van der Waals surface area contributed by atoms with Crippen molar-refractivity contribution >= 4 is 0 Å². The maximum absolute atomic E-state index is 12.9. The first-order valence-corrected chi connectivity index (χ1v) is 5.55. The third-order valence-corrected chi connectivity index (χ3v) is 3.02. The maximum atomic E-state index is 12.9. The van der Waals surface area contributed by atoms with Gasteiger partial charge in [-0.2, -0.15) is 5.10 Å². The molecule has 84 valence electrons. The van der Waals surface area contributed by atoms with Crippen molar-refractivity contribution in [2.75, 3.05) is 6.54 Å². The fourth-order valence-corrected chi connectivity index (χ4v) is 1.95. The Labute approximate surface area is 89.7 Å². The SMILES string of the molecule is Cc1cc(C)n(CCNC2CCC2F)n1. The van der Waals surface area contributed by atoms with Gasteiger partial charge in [0.2, 0.25) is 0 Å². The highest BCUT2D eigenvalue weighted by Gasteiger charge is 2.29. The van der Waals surface area contributed by atoms with Crippen LogP contribution >= 0.6 is 0 Å². The summed E-state index contributed by atoms with van der Waals surface area (Å²) in [6, 6.07) is 2.14. The molecular weight excluding hydrogens is 193 g/mol. The molecule has 3 nitrogen and oxygen atoms in total. The second-order valence-corrected chi connectivity index (χ2v) is 4.30. The second kappa shape index (κ2) is 4.31. The van der Waals surface area contributed by atoms with Crippen LogP contribution in [0.3, 0.4) is 0 Å². The van der Waals surface area contributed by atoms with E-state index in [1.807, 2.05) is 18.5 Å². The molecule has 0 radical (unpaired) electrons. The van der Waals surface area contributed by atoms with Crippen LogP contribution in [0.25, 0.3) is 0 Å². The molecule has 4 heteroatoms. The zero-order valence-electron chi connectivity index (χ0n) is 9.33. The van der Waals surface area contributed by atoms with Crippen LogP contribution in [0.15, 0.2) is 6.07 Å². The Kier molecular flexibility index (Phi) is 3.05. The maximum Gasteiger partial charge on any atom is 0.115 e. The molecule has 1 aliphatic carbocycles. The van der Waals surface area contributed by atoms with Gasteiger partial charge >= 0.3 is 0 Å². The van der Waals surface area contributed by atoms with Crippen LogP contribution in [0.5, 0.6) is 0 Å². The molecule has 0 amide bonds. The number of nitrogens with one attached hydrogen (secondary N) is 1. The zero-order chi connectivity index (χ0) is 10.8. The van der Waals surface area contributed by atoms with Gasteiger partial charge in [0.1, 0.15) is 6.17 Å². The Balaban J connectivity index is 1.76. The average Bonchev–Trinajstić information content (AvgIpc) is 2.50. The number of aromatic nitrogens is 2. The van der Waals surface area contributed by atoms with Crippen molar-refractivity contribution in [3.8, 4) is 0 Å². The van der Waals surface area contributed by atoms with Crippen LogP contribution < -0.4 is 5.32 Å². The molecule has 2 rings (SSSR count). The third kappa shape index (κ3) is 2.37. The number of aryl methyl sites for hydroxylation is 2. The van der Waals surface area contributed by atoms with Crippen LogP contribution in [0, 0.1) is 13.8 Å². The smallest absolute Gasteiger partial charge is 0.115 e. The summed E-state index contributed by atoms with van der Waals surface area (Å²) in [6.45, 7) is 5.65. The van der Waals surface area contributed by atoms with Crippen LogP contribution in [0.4, 0.5) is 4.39 Å². The van der Waals surface area contributed by atoms with Gasteiger partial charge in [0.15, 0.2) is 0 Å². The molecule has 1 heterocycles. The Morgan fingerprint density at radius 1 is 1.53 bits per heavy atom. The largest absolute Gasteiger partial charge is 0.309 e. The lowest BCUT2D eigenvalue weighted by Crippen LogP contribution is -2.46. The summed E-state index contributed by atoms with van der Waals surface area (Å²) in [5.74, 6) is 0. The fraction of sp³-hybridized carbons (Fsp3) is 0.727. The lowest BCUT2D eigenvalue weighted by atomic mass is 9.91. The Hall–Kier alpha value is -0.900. The minimum absolute atomic E-state index is 0.0852. The van der Waals surface area contributed by atoms with Crippen LogP contribution in [-0.2, 0) is 6.54 Å². The summed E-state index contributed by atoms with van der Waals surface area (Å²) in [5.41, 5.74) is 2.21. The van der Waals surface area contributed by atoms with E-state index < -0.39 is 6.17 Å². The minimum atomic E-state index is -0.634. The van der Waals surface area contributed by atoms with E-state index in [1.54, 1.807) is 0 Å². The summed E-state index contributed by atoms with van der Waals surface area (Å²) in [7, 11) is 0. The second-order valence-electron chi connectivity index (χ2n) is 4.30. The van der Waals surface area contributed by atoms with Gasteiger partial charge < -0.3 is 5.32 Å². The molecule has 0 saturated heterocycles. The van der Waals surface area contributed by atoms with Crippen molar-refractivity contribution in [1.29, 1.82) is 0 Å². The van der Waals surface area contributed by atoms with E-state index in [1.165, 1.54) is 5.69 Å². The normalized spacial score (nSPS) is 25.3. The van der Waals surface area contributed by atoms with E-state index in [-0.39, 0.29) is 6.04 Å². The van der Waals surface area contributed by atoms with Gasteiger partial charge in [-0.25, -0.2) is 4.39 Å². The quantitative estimate of drug-likeness (QED) is 0.819. The van der Waals surface area contributed by atoms with Gasteiger partial charge in [-0.15, -0.1) is 0 Å². The highest BCUT2D eigenvalue weighted by molar-refractivity contribution is 5.06. The van der Waals surface area contributed by atoms with Crippen molar-refractivity contribution in [3.05, 3.63) is 17.5 Å². The summed E-state index contributed by atoms with van der Waals surface area (Å²) in [6.07, 6.45) is 1.06. The zero-order valence-corrected chi connectivity index (χ0v) is 9.33. The Morgan fingerprint density at radius 2 is 2.33 bits per heavy atom. The number of halogens is 1. The van der Waals surface area contributed by atoms with E-state index in [4.69, 9.17) is 0 Å². The molecule has 1 aliphatic rings.